The number of nitriles is 1. The first kappa shape index (κ1) is 21.0. The van der Waals surface area contributed by atoms with Crippen LogP contribution in [-0.2, 0) is 16.6 Å². The minimum absolute atomic E-state index is 0.171. The predicted octanol–water partition coefficient (Wildman–Crippen LogP) is 6.69. The Morgan fingerprint density at radius 1 is 1.13 bits per heavy atom. The first-order chi connectivity index (χ1) is 15.0. The molecule has 2 aromatic carbocycles. The number of hydrogen-bond acceptors (Lipinski definition) is 3. The van der Waals surface area contributed by atoms with Gasteiger partial charge in [0.05, 0.1) is 11.5 Å². The van der Waals surface area contributed by atoms with E-state index < -0.39 is 5.97 Å². The van der Waals surface area contributed by atoms with Crippen LogP contribution in [0.3, 0.4) is 0 Å². The summed E-state index contributed by atoms with van der Waals surface area (Å²) in [7, 11) is 0. The number of carboxylic acids is 1. The summed E-state index contributed by atoms with van der Waals surface area (Å²) < 4.78 is 14.0. The number of aliphatic carboxylic acids is 1. The Balaban J connectivity index is 1.52. The van der Waals surface area contributed by atoms with Crippen LogP contribution in [0.1, 0.15) is 47.3 Å². The van der Waals surface area contributed by atoms with Crippen LogP contribution in [0.25, 0.3) is 22.6 Å². The third-order valence-electron chi connectivity index (χ3n) is 5.61. The molecule has 0 bridgehead atoms. The molecule has 1 saturated carbocycles. The maximum atomic E-state index is 14.0. The van der Waals surface area contributed by atoms with Crippen molar-refractivity contribution in [3.63, 3.8) is 0 Å². The van der Waals surface area contributed by atoms with E-state index in [2.05, 4.69) is 6.07 Å². The molecule has 1 aliphatic rings. The Bertz CT molecular complexity index is 1170. The van der Waals surface area contributed by atoms with Crippen LogP contribution in [0.5, 0.6) is 0 Å². The Labute approximate surface area is 185 Å². The number of carbonyl (C=O) groups is 1. The Morgan fingerprint density at radius 2 is 1.90 bits per heavy atom. The van der Waals surface area contributed by atoms with E-state index in [4.69, 9.17) is 5.11 Å². The lowest BCUT2D eigenvalue weighted by Crippen LogP contribution is -1.97. The summed E-state index contributed by atoms with van der Waals surface area (Å²) in [4.78, 5) is 12.8. The number of aryl methyl sites for hydroxylation is 1. The summed E-state index contributed by atoms with van der Waals surface area (Å²) in [6.07, 6.45) is 7.20. The second kappa shape index (κ2) is 8.87. The second-order valence-electron chi connectivity index (χ2n) is 7.91. The van der Waals surface area contributed by atoms with E-state index in [0.29, 0.717) is 6.42 Å². The highest BCUT2D eigenvalue weighted by molar-refractivity contribution is 7.15. The molecular formula is C26H22FNO2S. The summed E-state index contributed by atoms with van der Waals surface area (Å²) in [6.45, 7) is 0. The molecule has 1 aromatic heterocycles. The SMILES string of the molecule is N#CC1(c2ccc(-c3ccc(F)cc3/C=C\c3ccc(CCCC(=O)O)cc3)s2)CC1. The van der Waals surface area contributed by atoms with E-state index in [-0.39, 0.29) is 17.7 Å². The first-order valence-corrected chi connectivity index (χ1v) is 11.1. The second-order valence-corrected chi connectivity index (χ2v) is 9.00. The number of carboxylic acid groups (broad SMARTS) is 1. The van der Waals surface area contributed by atoms with E-state index in [9.17, 15) is 14.4 Å². The number of benzene rings is 2. The fourth-order valence-electron chi connectivity index (χ4n) is 3.60. The quantitative estimate of drug-likeness (QED) is 0.404. The van der Waals surface area contributed by atoms with Crippen molar-refractivity contribution in [1.29, 1.82) is 5.26 Å². The highest BCUT2D eigenvalue weighted by Crippen LogP contribution is 2.51. The lowest BCUT2D eigenvalue weighted by molar-refractivity contribution is -0.137. The van der Waals surface area contributed by atoms with Gasteiger partial charge in [0.15, 0.2) is 0 Å². The van der Waals surface area contributed by atoms with Crippen molar-refractivity contribution in [3.8, 4) is 16.5 Å². The number of rotatable bonds is 8. The van der Waals surface area contributed by atoms with Crippen molar-refractivity contribution in [2.45, 2.75) is 37.5 Å². The molecule has 4 rings (SSSR count). The van der Waals surface area contributed by atoms with Gasteiger partial charge in [0, 0.05) is 16.2 Å². The fourth-order valence-corrected chi connectivity index (χ4v) is 4.85. The topological polar surface area (TPSA) is 61.1 Å². The molecule has 0 saturated heterocycles. The summed E-state index contributed by atoms with van der Waals surface area (Å²) in [5, 5.41) is 18.2. The lowest BCUT2D eigenvalue weighted by atomic mass is 10.0. The summed E-state index contributed by atoms with van der Waals surface area (Å²) in [5.41, 5.74) is 3.52. The van der Waals surface area contributed by atoms with Crippen molar-refractivity contribution in [1.82, 2.24) is 0 Å². The summed E-state index contributed by atoms with van der Waals surface area (Å²) in [6, 6.07) is 19.2. The molecule has 0 spiro atoms. The van der Waals surface area contributed by atoms with E-state index in [1.165, 1.54) is 12.1 Å². The van der Waals surface area contributed by atoms with Crippen molar-refractivity contribution >= 4 is 29.5 Å². The van der Waals surface area contributed by atoms with E-state index in [1.807, 2.05) is 48.6 Å². The predicted molar refractivity (Wildman–Crippen MR) is 122 cm³/mol. The maximum absolute atomic E-state index is 14.0. The van der Waals surface area contributed by atoms with Gasteiger partial charge in [-0.3, -0.25) is 4.79 Å². The third kappa shape index (κ3) is 4.92. The van der Waals surface area contributed by atoms with Gasteiger partial charge < -0.3 is 5.11 Å². The van der Waals surface area contributed by atoms with Crippen molar-refractivity contribution in [2.75, 3.05) is 0 Å². The van der Waals surface area contributed by atoms with Crippen LogP contribution < -0.4 is 0 Å². The van der Waals surface area contributed by atoms with Crippen LogP contribution in [0.15, 0.2) is 54.6 Å². The van der Waals surface area contributed by atoms with Crippen LogP contribution in [0.2, 0.25) is 0 Å². The number of nitrogens with zero attached hydrogens (tertiary/aromatic N) is 1. The minimum Gasteiger partial charge on any atom is -0.481 e. The fraction of sp³-hybridized carbons (Fsp3) is 0.231. The van der Waals surface area contributed by atoms with Crippen LogP contribution in [0, 0.1) is 17.1 Å². The van der Waals surface area contributed by atoms with E-state index in [0.717, 1.165) is 51.3 Å². The van der Waals surface area contributed by atoms with Gasteiger partial charge in [-0.25, -0.2) is 4.39 Å². The highest BCUT2D eigenvalue weighted by Gasteiger charge is 2.46. The normalized spacial score (nSPS) is 14.5. The van der Waals surface area contributed by atoms with E-state index >= 15 is 0 Å². The molecule has 31 heavy (non-hydrogen) atoms. The molecule has 0 aliphatic heterocycles. The maximum Gasteiger partial charge on any atom is 0.303 e. The Hall–Kier alpha value is -3.23. The highest BCUT2D eigenvalue weighted by atomic mass is 32.1. The molecule has 3 nitrogen and oxygen atoms in total. The summed E-state index contributed by atoms with van der Waals surface area (Å²) >= 11 is 1.61. The molecule has 1 N–H and O–H groups in total. The zero-order valence-corrected chi connectivity index (χ0v) is 17.8. The number of halogens is 1. The average molecular weight is 432 g/mol. The zero-order valence-electron chi connectivity index (χ0n) is 17.0. The monoisotopic (exact) mass is 431 g/mol. The lowest BCUT2D eigenvalue weighted by Gasteiger charge is -2.06. The van der Waals surface area contributed by atoms with Crippen molar-refractivity contribution in [3.05, 3.63) is 82.0 Å². The first-order valence-electron chi connectivity index (χ1n) is 10.3. The molecule has 5 heteroatoms. The van der Waals surface area contributed by atoms with Gasteiger partial charge in [-0.2, -0.15) is 5.26 Å². The van der Waals surface area contributed by atoms with Crippen LogP contribution in [-0.4, -0.2) is 11.1 Å². The van der Waals surface area contributed by atoms with Crippen molar-refractivity contribution < 1.29 is 14.3 Å². The summed E-state index contributed by atoms with van der Waals surface area (Å²) in [5.74, 6) is -1.06. The third-order valence-corrected chi connectivity index (χ3v) is 6.93. The zero-order chi connectivity index (χ0) is 21.8. The standard InChI is InChI=1S/C26H22FNO2S/c27-21-10-11-22(23-12-13-24(31-23)26(17-28)14-15-26)20(16-21)9-8-19-6-4-18(5-7-19)2-1-3-25(29)30/h4-13,16H,1-3,14-15H2,(H,29,30)/b9-8-. The Morgan fingerprint density at radius 3 is 2.58 bits per heavy atom. The molecule has 0 unspecified atom stereocenters. The average Bonchev–Trinajstić information content (AvgIpc) is 3.41. The van der Waals surface area contributed by atoms with Gasteiger partial charge >= 0.3 is 5.97 Å². The number of thiophene rings is 1. The van der Waals surface area contributed by atoms with Gasteiger partial charge in [0.2, 0.25) is 0 Å². The largest absolute Gasteiger partial charge is 0.481 e. The molecule has 0 amide bonds. The molecule has 0 atom stereocenters. The van der Waals surface area contributed by atoms with Crippen LogP contribution in [0.4, 0.5) is 4.39 Å². The Kier molecular flexibility index (Phi) is 6.01. The van der Waals surface area contributed by atoms with Gasteiger partial charge in [0.25, 0.3) is 0 Å². The molecular weight excluding hydrogens is 409 g/mol. The smallest absolute Gasteiger partial charge is 0.303 e. The van der Waals surface area contributed by atoms with Gasteiger partial charge in [-0.1, -0.05) is 42.5 Å². The number of hydrogen-bond donors (Lipinski definition) is 1. The molecule has 1 fully saturated rings. The van der Waals surface area contributed by atoms with Crippen molar-refractivity contribution in [2.24, 2.45) is 0 Å². The van der Waals surface area contributed by atoms with E-state index in [1.54, 1.807) is 17.4 Å². The molecule has 1 aliphatic carbocycles. The molecule has 3 aromatic rings. The minimum atomic E-state index is -0.775. The molecule has 1 heterocycles. The van der Waals surface area contributed by atoms with Gasteiger partial charge in [-0.15, -0.1) is 11.3 Å². The molecule has 0 radical (unpaired) electrons. The van der Waals surface area contributed by atoms with Gasteiger partial charge in [0.1, 0.15) is 5.82 Å². The van der Waals surface area contributed by atoms with Gasteiger partial charge in [-0.05, 0) is 72.2 Å². The molecule has 156 valence electrons. The van der Waals surface area contributed by atoms with Crippen LogP contribution >= 0.6 is 11.3 Å².